The van der Waals surface area contributed by atoms with Crippen molar-refractivity contribution in [3.63, 3.8) is 0 Å². The molecule has 0 amide bonds. The minimum Gasteiger partial charge on any atom is -0.460 e. The van der Waals surface area contributed by atoms with Crippen molar-refractivity contribution < 1.29 is 18.4 Å². The molecule has 0 bridgehead atoms. The first-order valence-electron chi connectivity index (χ1n) is 8.40. The Hall–Kier alpha value is -1.59. The summed E-state index contributed by atoms with van der Waals surface area (Å²) in [6.07, 6.45) is 0. The lowest BCUT2D eigenvalue weighted by atomic mass is 10.1. The molecule has 0 aliphatic rings. The molecule has 132 valence electrons. The lowest BCUT2D eigenvalue weighted by molar-refractivity contribution is 0.0491. The molecule has 0 aliphatic carbocycles. The van der Waals surface area contributed by atoms with Gasteiger partial charge in [-0.05, 0) is 43.6 Å². The molecular formula is C19H28O4Si. The van der Waals surface area contributed by atoms with Crippen LogP contribution in [0.3, 0.4) is 0 Å². The van der Waals surface area contributed by atoms with Gasteiger partial charge in [0.25, 0.3) is 0 Å². The SMILES string of the molecule is CCOC(=O)c1oc2cccc(CO[Si](C)(C)C(C)(C)C)c2c1C. The quantitative estimate of drug-likeness (QED) is 0.533. The minimum absolute atomic E-state index is 0.155. The second kappa shape index (κ2) is 6.73. The van der Waals surface area contributed by atoms with E-state index in [9.17, 15) is 4.79 Å². The number of furan rings is 1. The van der Waals surface area contributed by atoms with Crippen molar-refractivity contribution >= 4 is 25.3 Å². The van der Waals surface area contributed by atoms with Crippen LogP contribution in [0, 0.1) is 6.92 Å². The topological polar surface area (TPSA) is 48.7 Å². The predicted octanol–water partition coefficient (Wildman–Crippen LogP) is 5.44. The Kier molecular flexibility index (Phi) is 5.25. The zero-order chi connectivity index (χ0) is 18.1. The normalized spacial score (nSPS) is 12.6. The van der Waals surface area contributed by atoms with Crippen molar-refractivity contribution in [2.45, 2.75) is 59.4 Å². The first-order chi connectivity index (χ1) is 11.1. The van der Waals surface area contributed by atoms with Crippen LogP contribution in [0.25, 0.3) is 11.0 Å². The summed E-state index contributed by atoms with van der Waals surface area (Å²) in [5, 5.41) is 1.11. The highest BCUT2D eigenvalue weighted by Crippen LogP contribution is 2.38. The number of esters is 1. The molecule has 0 fully saturated rings. The van der Waals surface area contributed by atoms with Crippen LogP contribution < -0.4 is 0 Å². The van der Waals surface area contributed by atoms with E-state index in [1.54, 1.807) is 6.92 Å². The Bertz CT molecular complexity index is 738. The molecule has 2 aromatic rings. The fourth-order valence-corrected chi connectivity index (χ4v) is 3.32. The Morgan fingerprint density at radius 1 is 1.25 bits per heavy atom. The maximum atomic E-state index is 12.1. The smallest absolute Gasteiger partial charge is 0.374 e. The molecule has 0 radical (unpaired) electrons. The van der Waals surface area contributed by atoms with Crippen LogP contribution in [0.4, 0.5) is 0 Å². The van der Waals surface area contributed by atoms with Crippen LogP contribution >= 0.6 is 0 Å². The summed E-state index contributed by atoms with van der Waals surface area (Å²) in [6.45, 7) is 15.7. The molecule has 0 unspecified atom stereocenters. The Balaban J connectivity index is 2.37. The van der Waals surface area contributed by atoms with Gasteiger partial charge >= 0.3 is 5.97 Å². The maximum absolute atomic E-state index is 12.1. The maximum Gasteiger partial charge on any atom is 0.374 e. The fourth-order valence-electron chi connectivity index (χ4n) is 2.37. The van der Waals surface area contributed by atoms with Crippen LogP contribution in [0.15, 0.2) is 22.6 Å². The van der Waals surface area contributed by atoms with Gasteiger partial charge in [-0.25, -0.2) is 4.79 Å². The van der Waals surface area contributed by atoms with Gasteiger partial charge in [0.05, 0.1) is 13.2 Å². The largest absolute Gasteiger partial charge is 0.460 e. The van der Waals surface area contributed by atoms with E-state index in [-0.39, 0.29) is 10.8 Å². The third-order valence-corrected chi connectivity index (χ3v) is 9.37. The van der Waals surface area contributed by atoms with Gasteiger partial charge in [0, 0.05) is 10.9 Å². The van der Waals surface area contributed by atoms with Crippen LogP contribution in [0.1, 0.15) is 49.4 Å². The third kappa shape index (κ3) is 3.57. The second-order valence-corrected chi connectivity index (χ2v) is 12.4. The third-order valence-electron chi connectivity index (χ3n) is 4.90. The van der Waals surface area contributed by atoms with Crippen LogP contribution in [0.2, 0.25) is 18.1 Å². The van der Waals surface area contributed by atoms with Crippen molar-refractivity contribution in [2.24, 2.45) is 0 Å². The van der Waals surface area contributed by atoms with E-state index in [0.29, 0.717) is 18.8 Å². The van der Waals surface area contributed by atoms with E-state index in [1.807, 2.05) is 25.1 Å². The molecule has 4 nitrogen and oxygen atoms in total. The van der Waals surface area contributed by atoms with Crippen molar-refractivity contribution in [3.05, 3.63) is 35.1 Å². The van der Waals surface area contributed by atoms with Gasteiger partial charge in [0.15, 0.2) is 8.32 Å². The van der Waals surface area contributed by atoms with Gasteiger partial charge in [-0.2, -0.15) is 0 Å². The first kappa shape index (κ1) is 18.7. The minimum atomic E-state index is -1.84. The molecule has 5 heteroatoms. The van der Waals surface area contributed by atoms with E-state index in [1.165, 1.54) is 0 Å². The standard InChI is InChI=1S/C19H28O4Si/c1-8-21-18(20)17-13(2)16-14(10-9-11-15(16)23-17)12-22-24(6,7)19(3,4)5/h9-11H,8,12H2,1-7H3. The predicted molar refractivity (Wildman–Crippen MR) is 98.9 cm³/mol. The van der Waals surface area contributed by atoms with E-state index in [0.717, 1.165) is 16.5 Å². The number of aryl methyl sites for hydroxylation is 1. The molecule has 0 aliphatic heterocycles. The van der Waals surface area contributed by atoms with E-state index in [4.69, 9.17) is 13.6 Å². The second-order valence-electron chi connectivity index (χ2n) is 7.62. The number of hydrogen-bond acceptors (Lipinski definition) is 4. The summed E-state index contributed by atoms with van der Waals surface area (Å²) in [4.78, 5) is 12.1. The average Bonchev–Trinajstić information content (AvgIpc) is 2.82. The van der Waals surface area contributed by atoms with Crippen molar-refractivity contribution in [1.29, 1.82) is 0 Å². The molecule has 1 aromatic carbocycles. The lowest BCUT2D eigenvalue weighted by Crippen LogP contribution is -2.40. The highest BCUT2D eigenvalue weighted by Gasteiger charge is 2.37. The van der Waals surface area contributed by atoms with E-state index >= 15 is 0 Å². The van der Waals surface area contributed by atoms with Crippen molar-refractivity contribution in [2.75, 3.05) is 6.61 Å². The molecule has 1 aromatic heterocycles. The molecule has 0 spiro atoms. The zero-order valence-electron chi connectivity index (χ0n) is 15.8. The summed E-state index contributed by atoms with van der Waals surface area (Å²) in [7, 11) is -1.84. The summed E-state index contributed by atoms with van der Waals surface area (Å²) in [5.41, 5.74) is 2.57. The highest BCUT2D eigenvalue weighted by molar-refractivity contribution is 6.74. The Morgan fingerprint density at radius 2 is 1.92 bits per heavy atom. The van der Waals surface area contributed by atoms with Gasteiger partial charge in [0.1, 0.15) is 5.58 Å². The number of fused-ring (bicyclic) bond motifs is 1. The molecule has 0 atom stereocenters. The zero-order valence-corrected chi connectivity index (χ0v) is 16.8. The van der Waals surface area contributed by atoms with Gasteiger partial charge in [0.2, 0.25) is 5.76 Å². The van der Waals surface area contributed by atoms with Gasteiger partial charge in [-0.15, -0.1) is 0 Å². The summed E-state index contributed by atoms with van der Waals surface area (Å²) in [6, 6.07) is 5.85. The van der Waals surface area contributed by atoms with E-state index in [2.05, 4.69) is 33.9 Å². The molecular weight excluding hydrogens is 320 g/mol. The number of carbonyl (C=O) groups is 1. The van der Waals surface area contributed by atoms with Crippen LogP contribution in [-0.2, 0) is 15.8 Å². The number of ether oxygens (including phenoxy) is 1. The number of rotatable bonds is 5. The number of benzene rings is 1. The fraction of sp³-hybridized carbons (Fsp3) is 0.526. The molecule has 0 saturated heterocycles. The number of hydrogen-bond donors (Lipinski definition) is 0. The molecule has 0 N–H and O–H groups in total. The van der Waals surface area contributed by atoms with Crippen molar-refractivity contribution in [3.8, 4) is 0 Å². The Labute approximate surface area is 145 Å². The van der Waals surface area contributed by atoms with E-state index < -0.39 is 14.3 Å². The van der Waals surface area contributed by atoms with Gasteiger partial charge < -0.3 is 13.6 Å². The van der Waals surface area contributed by atoms with Crippen molar-refractivity contribution in [1.82, 2.24) is 0 Å². The number of carbonyl (C=O) groups excluding carboxylic acids is 1. The van der Waals surface area contributed by atoms with Gasteiger partial charge in [-0.1, -0.05) is 32.9 Å². The average molecular weight is 349 g/mol. The van der Waals surface area contributed by atoms with Crippen LogP contribution in [-0.4, -0.2) is 20.9 Å². The molecule has 1 heterocycles. The monoisotopic (exact) mass is 348 g/mol. The molecule has 24 heavy (non-hydrogen) atoms. The Morgan fingerprint density at radius 3 is 2.50 bits per heavy atom. The lowest BCUT2D eigenvalue weighted by Gasteiger charge is -2.36. The van der Waals surface area contributed by atoms with Gasteiger partial charge in [-0.3, -0.25) is 0 Å². The summed E-state index contributed by atoms with van der Waals surface area (Å²) < 4.78 is 17.2. The summed E-state index contributed by atoms with van der Waals surface area (Å²) >= 11 is 0. The molecule has 0 saturated carbocycles. The summed E-state index contributed by atoms with van der Waals surface area (Å²) in [5.74, 6) is -0.130. The van der Waals surface area contributed by atoms with Crippen LogP contribution in [0.5, 0.6) is 0 Å². The molecule has 2 rings (SSSR count). The first-order valence-corrected chi connectivity index (χ1v) is 11.3. The highest BCUT2D eigenvalue weighted by atomic mass is 28.4.